The van der Waals surface area contributed by atoms with Crippen molar-refractivity contribution >= 4 is 17.5 Å². The van der Waals surface area contributed by atoms with Crippen molar-refractivity contribution in [3.63, 3.8) is 0 Å². The smallest absolute Gasteiger partial charge is 0.410 e. The second-order valence-electron chi connectivity index (χ2n) is 7.10. The maximum absolute atomic E-state index is 12.4. The second-order valence-corrected chi connectivity index (χ2v) is 7.10. The van der Waals surface area contributed by atoms with E-state index in [1.807, 2.05) is 43.9 Å². The van der Waals surface area contributed by atoms with E-state index in [0.29, 0.717) is 0 Å². The van der Waals surface area contributed by atoms with E-state index in [0.717, 1.165) is 48.3 Å². The minimum Gasteiger partial charge on any atom is -0.444 e. The van der Waals surface area contributed by atoms with Gasteiger partial charge in [-0.15, -0.1) is 6.42 Å². The molecule has 0 radical (unpaired) electrons. The Hall–Kier alpha value is -2.28. The summed E-state index contributed by atoms with van der Waals surface area (Å²) in [6, 6.07) is 5.92. The molecule has 1 amide bonds. The number of benzene rings is 1. The van der Waals surface area contributed by atoms with Gasteiger partial charge in [-0.2, -0.15) is 0 Å². The van der Waals surface area contributed by atoms with Gasteiger partial charge in [-0.3, -0.25) is 9.89 Å². The number of hydrogen-bond acceptors (Lipinski definition) is 3. The molecule has 1 aromatic carbocycles. The second kappa shape index (κ2) is 5.73. The van der Waals surface area contributed by atoms with Crippen LogP contribution in [-0.4, -0.2) is 34.9 Å². The highest BCUT2D eigenvalue weighted by molar-refractivity contribution is 5.99. The summed E-state index contributed by atoms with van der Waals surface area (Å²) in [6.45, 7) is 6.39. The summed E-state index contributed by atoms with van der Waals surface area (Å²) in [6.07, 6.45) is 7.90. The Morgan fingerprint density at radius 2 is 2.22 bits per heavy atom. The van der Waals surface area contributed by atoms with Crippen LogP contribution in [0, 0.1) is 12.3 Å². The minimum atomic E-state index is -0.480. The average molecular weight is 310 g/mol. The third kappa shape index (κ3) is 3.24. The van der Waals surface area contributed by atoms with Crippen LogP contribution in [0.2, 0.25) is 0 Å². The van der Waals surface area contributed by atoms with E-state index < -0.39 is 5.60 Å². The first kappa shape index (κ1) is 15.6. The number of fused-ring (bicyclic) bond motifs is 1. The standard InChI is InChI=1S/C19H22N2O2/c1-5-13-8-9-15-14(11-13)12-16(20-15)17-7-6-10-21(17)18(22)23-19(2,3)4/h1,8-9,11,17H,6-7,10,12H2,2-4H3/t17-/m0/s1. The molecule has 0 saturated carbocycles. The molecule has 1 fully saturated rings. The SMILES string of the molecule is C#Cc1ccc2c(c1)CC([C@@H]1CCCN1C(=O)OC(C)(C)C)=N2. The highest BCUT2D eigenvalue weighted by Gasteiger charge is 2.36. The van der Waals surface area contributed by atoms with E-state index in [1.165, 1.54) is 0 Å². The van der Waals surface area contributed by atoms with Crippen molar-refractivity contribution in [1.82, 2.24) is 4.90 Å². The maximum atomic E-state index is 12.4. The summed E-state index contributed by atoms with van der Waals surface area (Å²) in [4.78, 5) is 19.0. The zero-order valence-electron chi connectivity index (χ0n) is 13.9. The van der Waals surface area contributed by atoms with E-state index in [2.05, 4.69) is 5.92 Å². The summed E-state index contributed by atoms with van der Waals surface area (Å²) in [7, 11) is 0. The van der Waals surface area contributed by atoms with Gasteiger partial charge in [0.25, 0.3) is 0 Å². The Morgan fingerprint density at radius 3 is 2.91 bits per heavy atom. The van der Waals surface area contributed by atoms with Crippen LogP contribution in [0.3, 0.4) is 0 Å². The molecule has 120 valence electrons. The van der Waals surface area contributed by atoms with Gasteiger partial charge in [0.2, 0.25) is 0 Å². The van der Waals surface area contributed by atoms with E-state index >= 15 is 0 Å². The Labute approximate surface area is 137 Å². The van der Waals surface area contributed by atoms with Crippen LogP contribution in [0.15, 0.2) is 23.2 Å². The molecule has 2 aliphatic heterocycles. The first-order valence-corrected chi connectivity index (χ1v) is 8.04. The molecule has 3 rings (SSSR count). The lowest BCUT2D eigenvalue weighted by Gasteiger charge is -2.28. The van der Waals surface area contributed by atoms with E-state index in [-0.39, 0.29) is 12.1 Å². The van der Waals surface area contributed by atoms with Gasteiger partial charge in [-0.05, 0) is 57.4 Å². The van der Waals surface area contributed by atoms with Crippen molar-refractivity contribution in [3.8, 4) is 12.3 Å². The Bertz CT molecular complexity index is 707. The molecule has 0 N–H and O–H groups in total. The molecular formula is C19H22N2O2. The quantitative estimate of drug-likeness (QED) is 0.742. The monoisotopic (exact) mass is 310 g/mol. The summed E-state index contributed by atoms with van der Waals surface area (Å²) < 4.78 is 5.53. The van der Waals surface area contributed by atoms with Crippen LogP contribution in [-0.2, 0) is 11.2 Å². The van der Waals surface area contributed by atoms with Crippen molar-refractivity contribution in [2.45, 2.75) is 51.7 Å². The Kier molecular flexibility index (Phi) is 3.89. The van der Waals surface area contributed by atoms with Crippen molar-refractivity contribution in [2.24, 2.45) is 4.99 Å². The van der Waals surface area contributed by atoms with Crippen LogP contribution in [0.4, 0.5) is 10.5 Å². The van der Waals surface area contributed by atoms with Crippen molar-refractivity contribution < 1.29 is 9.53 Å². The molecule has 0 spiro atoms. The minimum absolute atomic E-state index is 0.0338. The van der Waals surface area contributed by atoms with E-state index in [4.69, 9.17) is 16.2 Å². The number of carbonyl (C=O) groups excluding carboxylic acids is 1. The third-order valence-electron chi connectivity index (χ3n) is 4.15. The molecule has 0 aliphatic carbocycles. The van der Waals surface area contributed by atoms with Gasteiger partial charge in [0.15, 0.2) is 0 Å². The number of rotatable bonds is 1. The molecule has 0 unspecified atom stereocenters. The third-order valence-corrected chi connectivity index (χ3v) is 4.15. The first-order valence-electron chi connectivity index (χ1n) is 8.04. The number of ether oxygens (including phenoxy) is 1. The Morgan fingerprint density at radius 1 is 1.43 bits per heavy atom. The van der Waals surface area contributed by atoms with Gasteiger partial charge >= 0.3 is 6.09 Å². The fraction of sp³-hybridized carbons (Fsp3) is 0.474. The van der Waals surface area contributed by atoms with Gasteiger partial charge in [0, 0.05) is 24.2 Å². The predicted octanol–water partition coefficient (Wildman–Crippen LogP) is 3.70. The zero-order valence-corrected chi connectivity index (χ0v) is 13.9. The van der Waals surface area contributed by atoms with Crippen LogP contribution in [0.1, 0.15) is 44.7 Å². The van der Waals surface area contributed by atoms with E-state index in [1.54, 1.807) is 0 Å². The van der Waals surface area contributed by atoms with Gasteiger partial charge in [0.1, 0.15) is 5.60 Å². The largest absolute Gasteiger partial charge is 0.444 e. The molecule has 2 aliphatic rings. The number of hydrogen-bond donors (Lipinski definition) is 0. The summed E-state index contributed by atoms with van der Waals surface area (Å²) in [5, 5.41) is 0. The highest BCUT2D eigenvalue weighted by Crippen LogP contribution is 2.32. The lowest BCUT2D eigenvalue weighted by molar-refractivity contribution is 0.0265. The van der Waals surface area contributed by atoms with Crippen LogP contribution in [0.25, 0.3) is 0 Å². The van der Waals surface area contributed by atoms with Crippen molar-refractivity contribution in [3.05, 3.63) is 29.3 Å². The Balaban J connectivity index is 1.77. The number of likely N-dealkylation sites (tertiary alicyclic amines) is 1. The topological polar surface area (TPSA) is 41.9 Å². The van der Waals surface area contributed by atoms with Crippen LogP contribution in [0.5, 0.6) is 0 Å². The molecule has 23 heavy (non-hydrogen) atoms. The fourth-order valence-electron chi connectivity index (χ4n) is 3.16. The highest BCUT2D eigenvalue weighted by atomic mass is 16.6. The molecule has 1 atom stereocenters. The molecule has 2 heterocycles. The van der Waals surface area contributed by atoms with Gasteiger partial charge < -0.3 is 4.74 Å². The summed E-state index contributed by atoms with van der Waals surface area (Å²) in [5.74, 6) is 2.66. The average Bonchev–Trinajstić information content (AvgIpc) is 3.10. The van der Waals surface area contributed by atoms with E-state index in [9.17, 15) is 4.79 Å². The van der Waals surface area contributed by atoms with Crippen molar-refractivity contribution in [2.75, 3.05) is 6.54 Å². The fourth-order valence-corrected chi connectivity index (χ4v) is 3.16. The maximum Gasteiger partial charge on any atom is 0.410 e. The molecular weight excluding hydrogens is 288 g/mol. The van der Waals surface area contributed by atoms with Crippen LogP contribution >= 0.6 is 0 Å². The summed E-state index contributed by atoms with van der Waals surface area (Å²) in [5.41, 5.74) is 3.54. The number of amides is 1. The molecule has 4 heteroatoms. The number of terminal acetylenes is 1. The van der Waals surface area contributed by atoms with Gasteiger partial charge in [-0.25, -0.2) is 4.79 Å². The summed E-state index contributed by atoms with van der Waals surface area (Å²) >= 11 is 0. The predicted molar refractivity (Wildman–Crippen MR) is 91.1 cm³/mol. The zero-order chi connectivity index (χ0) is 16.6. The van der Waals surface area contributed by atoms with Crippen LogP contribution < -0.4 is 0 Å². The number of nitrogens with zero attached hydrogens (tertiary/aromatic N) is 2. The van der Waals surface area contributed by atoms with Gasteiger partial charge in [-0.1, -0.05) is 5.92 Å². The number of aliphatic imine (C=N–C) groups is 1. The van der Waals surface area contributed by atoms with Crippen molar-refractivity contribution in [1.29, 1.82) is 0 Å². The molecule has 1 saturated heterocycles. The molecule has 0 bridgehead atoms. The molecule has 1 aromatic rings. The lowest BCUT2D eigenvalue weighted by atomic mass is 10.0. The van der Waals surface area contributed by atoms with Gasteiger partial charge in [0.05, 0.1) is 11.7 Å². The first-order chi connectivity index (χ1) is 10.9. The number of carbonyl (C=O) groups is 1. The lowest BCUT2D eigenvalue weighted by Crippen LogP contribution is -2.43. The normalized spacial score (nSPS) is 20.0. The molecule has 0 aromatic heterocycles. The molecule has 4 nitrogen and oxygen atoms in total.